The standard InChI is InChI=1S/C20H16Cl2N2O2S/c21-15-3-8-19(18(22)10-15)26-12-20(25)24-16-4-6-17(7-5-16)27-13-14-2-1-9-23-11-14/h1-11H,12-13H2,(H,24,25). The predicted molar refractivity (Wildman–Crippen MR) is 111 cm³/mol. The Morgan fingerprint density at radius 2 is 1.93 bits per heavy atom. The average Bonchev–Trinajstić information content (AvgIpc) is 2.67. The molecule has 0 saturated carbocycles. The number of hydrogen-bond donors (Lipinski definition) is 1. The lowest BCUT2D eigenvalue weighted by atomic mass is 10.3. The van der Waals surface area contributed by atoms with Crippen LogP contribution < -0.4 is 10.1 Å². The lowest BCUT2D eigenvalue weighted by Crippen LogP contribution is -2.20. The maximum absolute atomic E-state index is 12.0. The van der Waals surface area contributed by atoms with Crippen LogP contribution in [0, 0.1) is 0 Å². The molecule has 0 bridgehead atoms. The van der Waals surface area contributed by atoms with Crippen LogP contribution in [-0.4, -0.2) is 17.5 Å². The molecule has 7 heteroatoms. The first-order chi connectivity index (χ1) is 13.1. The summed E-state index contributed by atoms with van der Waals surface area (Å²) in [4.78, 5) is 17.3. The molecule has 0 radical (unpaired) electrons. The van der Waals surface area contributed by atoms with E-state index < -0.39 is 0 Å². The third kappa shape index (κ3) is 6.17. The zero-order valence-electron chi connectivity index (χ0n) is 14.2. The lowest BCUT2D eigenvalue weighted by Gasteiger charge is -2.09. The fourth-order valence-electron chi connectivity index (χ4n) is 2.22. The molecule has 0 saturated heterocycles. The lowest BCUT2D eigenvalue weighted by molar-refractivity contribution is -0.118. The minimum atomic E-state index is -0.267. The summed E-state index contributed by atoms with van der Waals surface area (Å²) in [5, 5.41) is 3.67. The predicted octanol–water partition coefficient (Wildman–Crippen LogP) is 5.70. The number of amides is 1. The zero-order valence-corrected chi connectivity index (χ0v) is 16.5. The van der Waals surface area contributed by atoms with Gasteiger partial charge in [-0.15, -0.1) is 11.8 Å². The van der Waals surface area contributed by atoms with Gasteiger partial charge in [-0.25, -0.2) is 0 Å². The molecule has 0 aliphatic heterocycles. The number of carbonyl (C=O) groups is 1. The molecule has 0 aliphatic carbocycles. The summed E-state index contributed by atoms with van der Waals surface area (Å²) in [6.07, 6.45) is 3.62. The largest absolute Gasteiger partial charge is 0.482 e. The Bertz CT molecular complexity index is 906. The molecule has 1 heterocycles. The summed E-state index contributed by atoms with van der Waals surface area (Å²) in [5.74, 6) is 0.991. The van der Waals surface area contributed by atoms with Crippen LogP contribution >= 0.6 is 35.0 Å². The smallest absolute Gasteiger partial charge is 0.262 e. The van der Waals surface area contributed by atoms with Crippen molar-refractivity contribution < 1.29 is 9.53 Å². The van der Waals surface area contributed by atoms with Gasteiger partial charge in [0.1, 0.15) is 5.75 Å². The summed E-state index contributed by atoms with van der Waals surface area (Å²) in [6, 6.07) is 16.5. The van der Waals surface area contributed by atoms with Crippen LogP contribution in [0.15, 0.2) is 71.9 Å². The van der Waals surface area contributed by atoms with Crippen molar-refractivity contribution >= 4 is 46.6 Å². The number of ether oxygens (including phenoxy) is 1. The Labute approximate surface area is 171 Å². The number of thioether (sulfide) groups is 1. The Kier molecular flexibility index (Phi) is 6.98. The van der Waals surface area contributed by atoms with Gasteiger partial charge in [0.25, 0.3) is 5.91 Å². The Balaban J connectivity index is 1.48. The molecular weight excluding hydrogens is 403 g/mol. The van der Waals surface area contributed by atoms with Gasteiger partial charge in [-0.05, 0) is 54.1 Å². The molecule has 3 aromatic rings. The molecule has 1 aromatic heterocycles. The highest BCUT2D eigenvalue weighted by Gasteiger charge is 2.07. The maximum Gasteiger partial charge on any atom is 0.262 e. The zero-order chi connectivity index (χ0) is 19.1. The second-order valence-corrected chi connectivity index (χ2v) is 7.48. The van der Waals surface area contributed by atoms with E-state index in [4.69, 9.17) is 27.9 Å². The van der Waals surface area contributed by atoms with E-state index in [-0.39, 0.29) is 12.5 Å². The van der Waals surface area contributed by atoms with Crippen LogP contribution in [0.1, 0.15) is 5.56 Å². The molecule has 0 spiro atoms. The molecule has 2 aromatic carbocycles. The molecule has 4 nitrogen and oxygen atoms in total. The van der Waals surface area contributed by atoms with Crippen LogP contribution in [0.4, 0.5) is 5.69 Å². The minimum Gasteiger partial charge on any atom is -0.482 e. The van der Waals surface area contributed by atoms with E-state index in [0.717, 1.165) is 16.2 Å². The number of aromatic nitrogens is 1. The summed E-state index contributed by atoms with van der Waals surface area (Å²) < 4.78 is 5.42. The number of anilines is 1. The highest BCUT2D eigenvalue weighted by Crippen LogP contribution is 2.27. The molecule has 1 amide bonds. The van der Waals surface area contributed by atoms with E-state index in [1.807, 2.05) is 42.6 Å². The summed E-state index contributed by atoms with van der Waals surface area (Å²) in [7, 11) is 0. The van der Waals surface area contributed by atoms with Gasteiger partial charge in [-0.1, -0.05) is 29.3 Å². The van der Waals surface area contributed by atoms with Gasteiger partial charge in [0.2, 0.25) is 0 Å². The Morgan fingerprint density at radius 1 is 1.11 bits per heavy atom. The van der Waals surface area contributed by atoms with Gasteiger partial charge in [-0.2, -0.15) is 0 Å². The second kappa shape index (κ2) is 9.65. The summed E-state index contributed by atoms with van der Waals surface area (Å²) >= 11 is 13.6. The van der Waals surface area contributed by atoms with Crippen LogP contribution in [0.25, 0.3) is 0 Å². The van der Waals surface area contributed by atoms with E-state index in [2.05, 4.69) is 10.3 Å². The first-order valence-electron chi connectivity index (χ1n) is 8.09. The van der Waals surface area contributed by atoms with E-state index >= 15 is 0 Å². The number of hydrogen-bond acceptors (Lipinski definition) is 4. The van der Waals surface area contributed by atoms with Crippen LogP contribution in [0.5, 0.6) is 5.75 Å². The SMILES string of the molecule is O=C(COc1ccc(Cl)cc1Cl)Nc1ccc(SCc2cccnc2)cc1. The van der Waals surface area contributed by atoms with Crippen molar-refractivity contribution in [3.8, 4) is 5.75 Å². The van der Waals surface area contributed by atoms with Crippen LogP contribution in [-0.2, 0) is 10.5 Å². The van der Waals surface area contributed by atoms with Gasteiger partial charge < -0.3 is 10.1 Å². The third-order valence-electron chi connectivity index (χ3n) is 3.52. The van der Waals surface area contributed by atoms with Crippen molar-refractivity contribution in [2.75, 3.05) is 11.9 Å². The minimum absolute atomic E-state index is 0.140. The number of benzene rings is 2. The summed E-state index contributed by atoms with van der Waals surface area (Å²) in [6.45, 7) is -0.140. The normalized spacial score (nSPS) is 10.4. The van der Waals surface area contributed by atoms with Crippen LogP contribution in [0.2, 0.25) is 10.0 Å². The van der Waals surface area contributed by atoms with Crippen molar-refractivity contribution in [3.63, 3.8) is 0 Å². The third-order valence-corrected chi connectivity index (χ3v) is 5.13. The number of carbonyl (C=O) groups excluding carboxylic acids is 1. The molecule has 0 fully saturated rings. The van der Waals surface area contributed by atoms with Crippen molar-refractivity contribution in [2.24, 2.45) is 0 Å². The first-order valence-corrected chi connectivity index (χ1v) is 9.84. The van der Waals surface area contributed by atoms with E-state index in [1.165, 1.54) is 0 Å². The average molecular weight is 419 g/mol. The number of halogens is 2. The van der Waals surface area contributed by atoms with E-state index in [0.29, 0.717) is 21.5 Å². The number of nitrogens with one attached hydrogen (secondary N) is 1. The van der Waals surface area contributed by atoms with Crippen molar-refractivity contribution in [2.45, 2.75) is 10.6 Å². The topological polar surface area (TPSA) is 51.2 Å². The number of nitrogens with zero attached hydrogens (tertiary/aromatic N) is 1. The molecule has 3 rings (SSSR count). The van der Waals surface area contributed by atoms with Crippen molar-refractivity contribution in [1.29, 1.82) is 0 Å². The van der Waals surface area contributed by atoms with E-state index in [9.17, 15) is 4.79 Å². The van der Waals surface area contributed by atoms with Crippen molar-refractivity contribution in [3.05, 3.63) is 82.6 Å². The van der Waals surface area contributed by atoms with Gasteiger partial charge in [0.05, 0.1) is 5.02 Å². The second-order valence-electron chi connectivity index (χ2n) is 5.59. The Hall–Kier alpha value is -2.21. The quantitative estimate of drug-likeness (QED) is 0.500. The highest BCUT2D eigenvalue weighted by molar-refractivity contribution is 7.98. The van der Waals surface area contributed by atoms with Gasteiger partial charge >= 0.3 is 0 Å². The molecule has 0 unspecified atom stereocenters. The molecule has 0 atom stereocenters. The molecular formula is C20H16Cl2N2O2S. The molecule has 1 N–H and O–H groups in total. The highest BCUT2D eigenvalue weighted by atomic mass is 35.5. The maximum atomic E-state index is 12.0. The fraction of sp³-hybridized carbons (Fsp3) is 0.100. The fourth-order valence-corrected chi connectivity index (χ4v) is 3.51. The Morgan fingerprint density at radius 3 is 2.63 bits per heavy atom. The molecule has 138 valence electrons. The van der Waals surface area contributed by atoms with Gasteiger partial charge in [-0.3, -0.25) is 9.78 Å². The van der Waals surface area contributed by atoms with Gasteiger partial charge in [0, 0.05) is 33.8 Å². The molecule has 0 aliphatic rings. The van der Waals surface area contributed by atoms with Crippen molar-refractivity contribution in [1.82, 2.24) is 4.98 Å². The van der Waals surface area contributed by atoms with E-state index in [1.54, 1.807) is 36.2 Å². The monoisotopic (exact) mass is 418 g/mol. The number of pyridine rings is 1. The summed E-state index contributed by atoms with van der Waals surface area (Å²) in [5.41, 5.74) is 1.87. The molecule has 27 heavy (non-hydrogen) atoms. The first kappa shape index (κ1) is 19.5. The van der Waals surface area contributed by atoms with Crippen LogP contribution in [0.3, 0.4) is 0 Å². The number of rotatable bonds is 7. The van der Waals surface area contributed by atoms with Gasteiger partial charge in [0.15, 0.2) is 6.61 Å².